The number of H-pyrrole nitrogens is 1. The first-order valence-corrected chi connectivity index (χ1v) is 7.68. The molecular weight excluding hydrogens is 248 g/mol. The number of thioether (sulfide) groups is 1. The summed E-state index contributed by atoms with van der Waals surface area (Å²) in [6.07, 6.45) is 7.26. The second-order valence-electron chi connectivity index (χ2n) is 5.25. The molecule has 1 aromatic heterocycles. The first kappa shape index (κ1) is 12.3. The lowest BCUT2D eigenvalue weighted by Gasteiger charge is -2.30. The molecule has 2 fully saturated rings. The van der Waals surface area contributed by atoms with E-state index in [-0.39, 0.29) is 5.69 Å². The fourth-order valence-corrected chi connectivity index (χ4v) is 4.17. The molecule has 6 heteroatoms. The van der Waals surface area contributed by atoms with E-state index >= 15 is 0 Å². The van der Waals surface area contributed by atoms with Crippen LogP contribution in [0.4, 0.5) is 0 Å². The van der Waals surface area contributed by atoms with E-state index in [1.54, 1.807) is 11.8 Å². The minimum absolute atomic E-state index is 0.0446. The Labute approximate surface area is 111 Å². The van der Waals surface area contributed by atoms with Crippen molar-refractivity contribution in [2.45, 2.75) is 61.0 Å². The van der Waals surface area contributed by atoms with Crippen LogP contribution in [0, 0.1) is 0 Å². The molecule has 0 saturated heterocycles. The molecule has 0 radical (unpaired) electrons. The lowest BCUT2D eigenvalue weighted by atomic mass is 9.95. The first-order chi connectivity index (χ1) is 8.79. The van der Waals surface area contributed by atoms with Crippen molar-refractivity contribution in [3.8, 4) is 0 Å². The van der Waals surface area contributed by atoms with Gasteiger partial charge in [0.25, 0.3) is 0 Å². The summed E-state index contributed by atoms with van der Waals surface area (Å²) in [7, 11) is 2.03. The standard InChI is InChI=1S/C12H20N4OS/c1-13-9-4-2-3-5-10(9)18-12-15-14-11(17)16(12)8-6-7-8/h8-10,13H,2-7H2,1H3,(H,14,17). The topological polar surface area (TPSA) is 62.7 Å². The molecule has 0 spiro atoms. The summed E-state index contributed by atoms with van der Waals surface area (Å²) >= 11 is 1.77. The number of nitrogens with zero attached hydrogens (tertiary/aromatic N) is 2. The number of nitrogens with one attached hydrogen (secondary N) is 2. The molecule has 100 valence electrons. The van der Waals surface area contributed by atoms with Gasteiger partial charge >= 0.3 is 5.69 Å². The van der Waals surface area contributed by atoms with Gasteiger partial charge in [0.15, 0.2) is 5.16 Å². The molecule has 3 rings (SSSR count). The van der Waals surface area contributed by atoms with Crippen LogP contribution in [0.15, 0.2) is 9.95 Å². The van der Waals surface area contributed by atoms with E-state index in [0.717, 1.165) is 18.0 Å². The second-order valence-corrected chi connectivity index (χ2v) is 6.45. The first-order valence-electron chi connectivity index (χ1n) is 6.80. The van der Waals surface area contributed by atoms with Crippen molar-refractivity contribution in [1.82, 2.24) is 20.1 Å². The quantitative estimate of drug-likeness (QED) is 0.869. The summed E-state index contributed by atoms with van der Waals surface area (Å²) in [5.74, 6) is 0. The Kier molecular flexibility index (Phi) is 3.48. The largest absolute Gasteiger partial charge is 0.344 e. The van der Waals surface area contributed by atoms with E-state index in [4.69, 9.17) is 0 Å². The monoisotopic (exact) mass is 268 g/mol. The van der Waals surface area contributed by atoms with E-state index < -0.39 is 0 Å². The molecule has 2 atom stereocenters. The second kappa shape index (κ2) is 5.09. The Bertz CT molecular complexity index is 465. The third kappa shape index (κ3) is 2.36. The van der Waals surface area contributed by atoms with Gasteiger partial charge in [0.05, 0.1) is 0 Å². The Hall–Kier alpha value is -0.750. The summed E-state index contributed by atoms with van der Waals surface area (Å²) in [4.78, 5) is 11.7. The minimum atomic E-state index is -0.0446. The zero-order valence-electron chi connectivity index (χ0n) is 10.7. The van der Waals surface area contributed by atoms with Crippen LogP contribution in [0.3, 0.4) is 0 Å². The van der Waals surface area contributed by atoms with Crippen LogP contribution in [0.25, 0.3) is 0 Å². The highest BCUT2D eigenvalue weighted by molar-refractivity contribution is 7.99. The SMILES string of the molecule is CNC1CCCCC1Sc1n[nH]c(=O)n1C1CC1. The van der Waals surface area contributed by atoms with Crippen molar-refractivity contribution in [2.75, 3.05) is 7.05 Å². The summed E-state index contributed by atoms with van der Waals surface area (Å²) in [5.41, 5.74) is -0.0446. The zero-order chi connectivity index (χ0) is 12.5. The summed E-state index contributed by atoms with van der Waals surface area (Å²) in [6.45, 7) is 0. The van der Waals surface area contributed by atoms with Gasteiger partial charge in [-0.15, -0.1) is 5.10 Å². The van der Waals surface area contributed by atoms with E-state index in [1.165, 1.54) is 25.7 Å². The third-order valence-electron chi connectivity index (χ3n) is 3.91. The molecule has 0 aromatic carbocycles. The number of rotatable bonds is 4. The predicted molar refractivity (Wildman–Crippen MR) is 72.1 cm³/mol. The molecule has 2 saturated carbocycles. The zero-order valence-corrected chi connectivity index (χ0v) is 11.5. The molecule has 0 aliphatic heterocycles. The maximum atomic E-state index is 11.7. The van der Waals surface area contributed by atoms with E-state index in [2.05, 4.69) is 15.5 Å². The highest BCUT2D eigenvalue weighted by Gasteiger charge is 2.31. The van der Waals surface area contributed by atoms with E-state index in [9.17, 15) is 4.79 Å². The lowest BCUT2D eigenvalue weighted by Crippen LogP contribution is -2.38. The maximum Gasteiger partial charge on any atom is 0.344 e. The smallest absolute Gasteiger partial charge is 0.316 e. The molecule has 1 heterocycles. The van der Waals surface area contributed by atoms with E-state index in [1.807, 2.05) is 11.6 Å². The Balaban J connectivity index is 1.77. The van der Waals surface area contributed by atoms with Crippen LogP contribution in [0.2, 0.25) is 0 Å². The Morgan fingerprint density at radius 1 is 1.33 bits per heavy atom. The molecule has 2 unspecified atom stereocenters. The molecule has 2 N–H and O–H groups in total. The molecule has 5 nitrogen and oxygen atoms in total. The van der Waals surface area contributed by atoms with Gasteiger partial charge < -0.3 is 5.32 Å². The van der Waals surface area contributed by atoms with Crippen LogP contribution < -0.4 is 11.0 Å². The van der Waals surface area contributed by atoms with Gasteiger partial charge in [-0.2, -0.15) is 0 Å². The van der Waals surface area contributed by atoms with Gasteiger partial charge in [-0.25, -0.2) is 9.89 Å². The molecule has 18 heavy (non-hydrogen) atoms. The number of aromatic amines is 1. The summed E-state index contributed by atoms with van der Waals surface area (Å²) < 4.78 is 1.85. The normalized spacial score (nSPS) is 28.5. The van der Waals surface area contributed by atoms with E-state index in [0.29, 0.717) is 17.3 Å². The van der Waals surface area contributed by atoms with Gasteiger partial charge in [0.2, 0.25) is 0 Å². The van der Waals surface area contributed by atoms with Crippen molar-refractivity contribution >= 4 is 11.8 Å². The fraction of sp³-hybridized carbons (Fsp3) is 0.833. The average Bonchev–Trinajstić information content (AvgIpc) is 3.16. The third-order valence-corrected chi connectivity index (χ3v) is 5.28. The van der Waals surface area contributed by atoms with Crippen molar-refractivity contribution in [3.05, 3.63) is 10.5 Å². The van der Waals surface area contributed by atoms with Crippen LogP contribution in [0.5, 0.6) is 0 Å². The number of hydrogen-bond acceptors (Lipinski definition) is 4. The van der Waals surface area contributed by atoms with Gasteiger partial charge in [-0.05, 0) is 32.7 Å². The van der Waals surface area contributed by atoms with Crippen LogP contribution >= 0.6 is 11.8 Å². The van der Waals surface area contributed by atoms with Gasteiger partial charge in [-0.1, -0.05) is 24.6 Å². The lowest BCUT2D eigenvalue weighted by molar-refractivity contribution is 0.404. The molecule has 0 amide bonds. The molecule has 2 aliphatic rings. The molecular formula is C12H20N4OS. The highest BCUT2D eigenvalue weighted by Crippen LogP contribution is 2.39. The average molecular weight is 268 g/mol. The van der Waals surface area contributed by atoms with Gasteiger partial charge in [0, 0.05) is 17.3 Å². The Morgan fingerprint density at radius 2 is 2.11 bits per heavy atom. The predicted octanol–water partition coefficient (Wildman–Crippen LogP) is 1.53. The van der Waals surface area contributed by atoms with Gasteiger partial charge in [-0.3, -0.25) is 4.57 Å². The summed E-state index contributed by atoms with van der Waals surface area (Å²) in [5, 5.41) is 11.6. The summed E-state index contributed by atoms with van der Waals surface area (Å²) in [6, 6.07) is 0.943. The van der Waals surface area contributed by atoms with Crippen LogP contribution in [-0.2, 0) is 0 Å². The van der Waals surface area contributed by atoms with Crippen molar-refractivity contribution in [2.24, 2.45) is 0 Å². The Morgan fingerprint density at radius 3 is 2.83 bits per heavy atom. The fourth-order valence-electron chi connectivity index (χ4n) is 2.73. The molecule has 1 aromatic rings. The minimum Gasteiger partial charge on any atom is -0.316 e. The highest BCUT2D eigenvalue weighted by atomic mass is 32.2. The van der Waals surface area contributed by atoms with Crippen LogP contribution in [0.1, 0.15) is 44.6 Å². The van der Waals surface area contributed by atoms with Crippen molar-refractivity contribution in [3.63, 3.8) is 0 Å². The van der Waals surface area contributed by atoms with Crippen LogP contribution in [-0.4, -0.2) is 33.1 Å². The van der Waals surface area contributed by atoms with Gasteiger partial charge in [0.1, 0.15) is 0 Å². The van der Waals surface area contributed by atoms with Crippen molar-refractivity contribution < 1.29 is 0 Å². The number of aromatic nitrogens is 3. The number of hydrogen-bond donors (Lipinski definition) is 2. The van der Waals surface area contributed by atoms with Crippen molar-refractivity contribution in [1.29, 1.82) is 0 Å². The maximum absolute atomic E-state index is 11.7. The molecule has 0 bridgehead atoms. The molecule has 2 aliphatic carbocycles.